The molecule has 0 aromatic carbocycles. The molecule has 1 amide bonds. The van der Waals surface area contributed by atoms with Crippen molar-refractivity contribution in [2.45, 2.75) is 19.9 Å². The normalized spacial score (nSPS) is 10.9. The third kappa shape index (κ3) is 3.60. The highest BCUT2D eigenvalue weighted by Gasteiger charge is 2.18. The van der Waals surface area contributed by atoms with Gasteiger partial charge < -0.3 is 9.88 Å². The fraction of sp³-hybridized carbons (Fsp3) is 0.222. The molecule has 24 heavy (non-hydrogen) atoms. The van der Waals surface area contributed by atoms with Gasteiger partial charge in [-0.1, -0.05) is 18.2 Å². The summed E-state index contributed by atoms with van der Waals surface area (Å²) < 4.78 is 4.13. The molecule has 0 aliphatic heterocycles. The summed E-state index contributed by atoms with van der Waals surface area (Å²) in [6, 6.07) is 7.75. The molecule has 0 radical (unpaired) electrons. The SMILES string of the molecule is C=C(C)Cn1c(C(=O)NCCc2ccccn2)cc2scc(Br)c21. The van der Waals surface area contributed by atoms with Crippen molar-refractivity contribution in [1.29, 1.82) is 0 Å². The van der Waals surface area contributed by atoms with Gasteiger partial charge in [0.15, 0.2) is 0 Å². The Morgan fingerprint density at radius 3 is 3.00 bits per heavy atom. The van der Waals surface area contributed by atoms with Crippen molar-refractivity contribution in [1.82, 2.24) is 14.9 Å². The van der Waals surface area contributed by atoms with Crippen molar-refractivity contribution in [3.05, 3.63) is 63.9 Å². The van der Waals surface area contributed by atoms with Crippen LogP contribution in [0, 0.1) is 0 Å². The molecule has 0 aliphatic carbocycles. The van der Waals surface area contributed by atoms with Crippen molar-refractivity contribution in [3.8, 4) is 0 Å². The molecule has 0 aliphatic rings. The van der Waals surface area contributed by atoms with Gasteiger partial charge in [-0.15, -0.1) is 11.3 Å². The van der Waals surface area contributed by atoms with E-state index in [0.29, 0.717) is 25.2 Å². The number of rotatable bonds is 6. The van der Waals surface area contributed by atoms with Crippen molar-refractivity contribution in [2.24, 2.45) is 0 Å². The maximum absolute atomic E-state index is 12.6. The maximum atomic E-state index is 12.6. The van der Waals surface area contributed by atoms with Gasteiger partial charge in [-0.3, -0.25) is 9.78 Å². The van der Waals surface area contributed by atoms with E-state index in [4.69, 9.17) is 0 Å². The first kappa shape index (κ1) is 16.9. The van der Waals surface area contributed by atoms with Gasteiger partial charge >= 0.3 is 0 Å². The lowest BCUT2D eigenvalue weighted by molar-refractivity contribution is 0.0945. The topological polar surface area (TPSA) is 46.9 Å². The minimum atomic E-state index is -0.0671. The largest absolute Gasteiger partial charge is 0.350 e. The Kier molecular flexibility index (Phi) is 5.16. The van der Waals surface area contributed by atoms with E-state index in [-0.39, 0.29) is 5.91 Å². The average molecular weight is 404 g/mol. The van der Waals surface area contributed by atoms with E-state index in [1.165, 1.54) is 0 Å². The molecule has 4 nitrogen and oxygen atoms in total. The van der Waals surface area contributed by atoms with E-state index >= 15 is 0 Å². The van der Waals surface area contributed by atoms with Crippen LogP contribution in [0.25, 0.3) is 10.2 Å². The number of allylic oxidation sites excluding steroid dienone is 1. The van der Waals surface area contributed by atoms with Gasteiger partial charge in [-0.25, -0.2) is 0 Å². The summed E-state index contributed by atoms with van der Waals surface area (Å²) in [5.74, 6) is -0.0671. The molecule has 0 saturated carbocycles. The van der Waals surface area contributed by atoms with Crippen LogP contribution in [-0.2, 0) is 13.0 Å². The predicted octanol–water partition coefficient (Wildman–Crippen LogP) is 4.41. The van der Waals surface area contributed by atoms with Crippen molar-refractivity contribution >= 4 is 43.4 Å². The van der Waals surface area contributed by atoms with Crippen LogP contribution in [0.1, 0.15) is 23.1 Å². The number of fused-ring (bicyclic) bond motifs is 1. The van der Waals surface area contributed by atoms with Crippen LogP contribution < -0.4 is 5.32 Å². The summed E-state index contributed by atoms with van der Waals surface area (Å²) in [4.78, 5) is 16.9. The quantitative estimate of drug-likeness (QED) is 0.619. The first-order valence-corrected chi connectivity index (χ1v) is 9.32. The van der Waals surface area contributed by atoms with Crippen LogP contribution >= 0.6 is 27.3 Å². The molecule has 0 fully saturated rings. The molecule has 3 rings (SSSR count). The Balaban J connectivity index is 1.77. The monoisotopic (exact) mass is 403 g/mol. The number of hydrogen-bond donors (Lipinski definition) is 1. The van der Waals surface area contributed by atoms with E-state index in [0.717, 1.165) is 26.0 Å². The molecule has 3 aromatic heterocycles. The number of halogens is 1. The van der Waals surface area contributed by atoms with Gasteiger partial charge in [0, 0.05) is 36.8 Å². The summed E-state index contributed by atoms with van der Waals surface area (Å²) in [6.45, 7) is 7.13. The second-order valence-corrected chi connectivity index (χ2v) is 7.46. The average Bonchev–Trinajstić information content (AvgIpc) is 3.09. The second kappa shape index (κ2) is 7.32. The number of pyridine rings is 1. The summed E-state index contributed by atoms with van der Waals surface area (Å²) >= 11 is 5.20. The van der Waals surface area contributed by atoms with Gasteiger partial charge in [0.2, 0.25) is 0 Å². The van der Waals surface area contributed by atoms with E-state index < -0.39 is 0 Å². The Morgan fingerprint density at radius 2 is 2.29 bits per heavy atom. The molecular weight excluding hydrogens is 386 g/mol. The lowest BCUT2D eigenvalue weighted by Gasteiger charge is -2.11. The smallest absolute Gasteiger partial charge is 0.267 e. The number of amides is 1. The molecule has 3 aromatic rings. The summed E-state index contributed by atoms with van der Waals surface area (Å²) in [7, 11) is 0. The third-order valence-corrected chi connectivity index (χ3v) is 5.46. The van der Waals surface area contributed by atoms with Crippen LogP contribution in [-0.4, -0.2) is 22.0 Å². The molecule has 0 spiro atoms. The number of aromatic nitrogens is 2. The Morgan fingerprint density at radius 1 is 1.46 bits per heavy atom. The number of carbonyl (C=O) groups excluding carboxylic acids is 1. The van der Waals surface area contributed by atoms with Crippen LogP contribution in [0.15, 0.2) is 52.5 Å². The Bertz CT molecular complexity index is 882. The van der Waals surface area contributed by atoms with E-state index in [1.807, 2.05) is 41.1 Å². The second-order valence-electron chi connectivity index (χ2n) is 5.70. The number of nitrogens with zero attached hydrogens (tertiary/aromatic N) is 2. The number of nitrogens with one attached hydrogen (secondary N) is 1. The van der Waals surface area contributed by atoms with E-state index in [2.05, 4.69) is 32.8 Å². The molecule has 1 N–H and O–H groups in total. The number of carbonyl (C=O) groups is 1. The zero-order valence-electron chi connectivity index (χ0n) is 13.4. The predicted molar refractivity (Wildman–Crippen MR) is 103 cm³/mol. The third-order valence-electron chi connectivity index (χ3n) is 3.63. The Hall–Kier alpha value is -1.92. The molecular formula is C18H18BrN3OS. The molecule has 0 atom stereocenters. The molecule has 6 heteroatoms. The number of hydrogen-bond acceptors (Lipinski definition) is 3. The van der Waals surface area contributed by atoms with Gasteiger partial charge in [0.1, 0.15) is 5.69 Å². The molecule has 0 saturated heterocycles. The fourth-order valence-corrected chi connectivity index (χ4v) is 4.29. The van der Waals surface area contributed by atoms with Crippen molar-refractivity contribution < 1.29 is 4.79 Å². The van der Waals surface area contributed by atoms with E-state index in [9.17, 15) is 4.79 Å². The number of thiophene rings is 1. The molecule has 0 bridgehead atoms. The highest BCUT2D eigenvalue weighted by molar-refractivity contribution is 9.10. The first-order chi connectivity index (χ1) is 11.6. The summed E-state index contributed by atoms with van der Waals surface area (Å²) in [5.41, 5.74) is 3.70. The van der Waals surface area contributed by atoms with Crippen LogP contribution in [0.5, 0.6) is 0 Å². The standard InChI is InChI=1S/C18H18BrN3OS/c1-12(2)10-22-15(9-16-17(22)14(19)11-24-16)18(23)21-8-6-13-5-3-4-7-20-13/h3-5,7,9,11H,1,6,8,10H2,2H3,(H,21,23). The summed E-state index contributed by atoms with van der Waals surface area (Å²) in [5, 5.41) is 5.04. The first-order valence-electron chi connectivity index (χ1n) is 7.65. The molecule has 0 unspecified atom stereocenters. The van der Waals surface area contributed by atoms with Crippen LogP contribution in [0.4, 0.5) is 0 Å². The lowest BCUT2D eigenvalue weighted by Crippen LogP contribution is -2.28. The highest BCUT2D eigenvalue weighted by atomic mass is 79.9. The molecule has 124 valence electrons. The zero-order chi connectivity index (χ0) is 17.1. The van der Waals surface area contributed by atoms with E-state index in [1.54, 1.807) is 17.5 Å². The van der Waals surface area contributed by atoms with Gasteiger partial charge in [-0.2, -0.15) is 0 Å². The van der Waals surface area contributed by atoms with Crippen molar-refractivity contribution in [2.75, 3.05) is 6.54 Å². The Labute approximate surface area is 153 Å². The van der Waals surface area contributed by atoms with Crippen LogP contribution in [0.2, 0.25) is 0 Å². The van der Waals surface area contributed by atoms with Crippen molar-refractivity contribution in [3.63, 3.8) is 0 Å². The van der Waals surface area contributed by atoms with Gasteiger partial charge in [0.25, 0.3) is 5.91 Å². The molecule has 3 heterocycles. The lowest BCUT2D eigenvalue weighted by atomic mass is 10.2. The minimum absolute atomic E-state index is 0.0671. The maximum Gasteiger partial charge on any atom is 0.267 e. The highest BCUT2D eigenvalue weighted by Crippen LogP contribution is 2.33. The van der Waals surface area contributed by atoms with Gasteiger partial charge in [-0.05, 0) is 41.1 Å². The summed E-state index contributed by atoms with van der Waals surface area (Å²) in [6.07, 6.45) is 2.48. The zero-order valence-corrected chi connectivity index (χ0v) is 15.8. The fourth-order valence-electron chi connectivity index (χ4n) is 2.59. The minimum Gasteiger partial charge on any atom is -0.350 e. The van der Waals surface area contributed by atoms with Crippen LogP contribution in [0.3, 0.4) is 0 Å². The van der Waals surface area contributed by atoms with Gasteiger partial charge in [0.05, 0.1) is 14.7 Å².